The molecule has 19 heavy (non-hydrogen) atoms. The monoisotopic (exact) mass is 274 g/mol. The number of carbonyl (C=O) groups excluding carboxylic acids is 1. The molecule has 3 N–H and O–H groups in total. The predicted molar refractivity (Wildman–Crippen MR) is 70.2 cm³/mol. The largest absolute Gasteiger partial charge is 0.479 e. The van der Waals surface area contributed by atoms with Crippen LogP contribution in [0.3, 0.4) is 0 Å². The van der Waals surface area contributed by atoms with Gasteiger partial charge in [-0.1, -0.05) is 6.92 Å². The van der Waals surface area contributed by atoms with Crippen LogP contribution in [0.25, 0.3) is 0 Å². The lowest BCUT2D eigenvalue weighted by Gasteiger charge is -2.20. The highest BCUT2D eigenvalue weighted by Crippen LogP contribution is 2.06. The molecule has 0 aliphatic heterocycles. The Hall–Kier alpha value is -1.63. The summed E-state index contributed by atoms with van der Waals surface area (Å²) in [5.41, 5.74) is -0.595. The number of amidine groups is 1. The Morgan fingerprint density at radius 2 is 1.95 bits per heavy atom. The van der Waals surface area contributed by atoms with Crippen LogP contribution < -0.4 is 5.32 Å². The fraction of sp³-hybridized carbons (Fsp3) is 0.750. The van der Waals surface area contributed by atoms with Crippen LogP contribution in [0.2, 0.25) is 0 Å². The highest BCUT2D eigenvalue weighted by Gasteiger charge is 2.17. The average molecular weight is 274 g/mol. The van der Waals surface area contributed by atoms with Crippen molar-refractivity contribution in [2.24, 2.45) is 4.99 Å². The second-order valence-corrected chi connectivity index (χ2v) is 4.95. The Bertz CT molecular complexity index is 347. The first kappa shape index (κ1) is 17.4. The van der Waals surface area contributed by atoms with E-state index >= 15 is 0 Å². The molecule has 110 valence electrons. The average Bonchev–Trinajstić information content (AvgIpc) is 2.24. The Morgan fingerprint density at radius 1 is 1.37 bits per heavy atom. The van der Waals surface area contributed by atoms with Gasteiger partial charge in [-0.3, -0.25) is 10.3 Å². The lowest BCUT2D eigenvalue weighted by Crippen LogP contribution is -2.36. The number of amides is 1. The molecule has 0 bridgehead atoms. The van der Waals surface area contributed by atoms with E-state index in [9.17, 15) is 9.59 Å². The maximum Gasteiger partial charge on any atom is 0.413 e. The van der Waals surface area contributed by atoms with Gasteiger partial charge >= 0.3 is 12.1 Å². The molecule has 0 aliphatic rings. The van der Waals surface area contributed by atoms with Crippen LogP contribution in [0.1, 0.15) is 40.5 Å². The molecule has 7 heteroatoms. The lowest BCUT2D eigenvalue weighted by molar-refractivity contribution is -0.146. The summed E-state index contributed by atoms with van der Waals surface area (Å²) in [5.74, 6) is -0.889. The topological polar surface area (TPSA) is 108 Å². The molecule has 0 aromatic heterocycles. The van der Waals surface area contributed by atoms with Gasteiger partial charge in [0.25, 0.3) is 0 Å². The molecule has 1 amide bonds. The van der Waals surface area contributed by atoms with Gasteiger partial charge in [0.05, 0.1) is 0 Å². The summed E-state index contributed by atoms with van der Waals surface area (Å²) >= 11 is 0. The van der Waals surface area contributed by atoms with Crippen molar-refractivity contribution in [2.75, 3.05) is 6.54 Å². The number of aliphatic hydroxyl groups is 1. The van der Waals surface area contributed by atoms with Gasteiger partial charge in [0, 0.05) is 19.4 Å². The van der Waals surface area contributed by atoms with Crippen molar-refractivity contribution >= 4 is 17.9 Å². The van der Waals surface area contributed by atoms with Crippen LogP contribution in [0.5, 0.6) is 0 Å². The number of ether oxygens (including phenoxy) is 1. The third-order valence-corrected chi connectivity index (χ3v) is 1.97. The molecule has 1 unspecified atom stereocenters. The molecule has 0 saturated carbocycles. The zero-order valence-electron chi connectivity index (χ0n) is 11.8. The van der Waals surface area contributed by atoms with Crippen molar-refractivity contribution in [1.29, 1.82) is 0 Å². The summed E-state index contributed by atoms with van der Waals surface area (Å²) < 4.78 is 5.06. The van der Waals surface area contributed by atoms with E-state index in [4.69, 9.17) is 14.9 Å². The molecule has 0 fully saturated rings. The van der Waals surface area contributed by atoms with Gasteiger partial charge in [-0.2, -0.15) is 0 Å². The minimum atomic E-state index is -1.44. The van der Waals surface area contributed by atoms with E-state index in [1.54, 1.807) is 27.7 Å². The Morgan fingerprint density at radius 3 is 2.37 bits per heavy atom. The maximum absolute atomic E-state index is 11.5. The Labute approximate surface area is 112 Å². The van der Waals surface area contributed by atoms with Crippen LogP contribution >= 0.6 is 0 Å². The molecule has 0 aromatic carbocycles. The number of aliphatic imine (C=N–C) groups is 1. The predicted octanol–water partition coefficient (Wildman–Crippen LogP) is 1.16. The van der Waals surface area contributed by atoms with Crippen LogP contribution in [-0.2, 0) is 9.53 Å². The smallest absolute Gasteiger partial charge is 0.413 e. The Kier molecular flexibility index (Phi) is 7.06. The number of carbonyl (C=O) groups is 2. The van der Waals surface area contributed by atoms with Crippen LogP contribution in [-0.4, -0.2) is 46.4 Å². The van der Waals surface area contributed by atoms with Crippen molar-refractivity contribution in [3.8, 4) is 0 Å². The van der Waals surface area contributed by atoms with Gasteiger partial charge in [-0.05, 0) is 20.8 Å². The minimum Gasteiger partial charge on any atom is -0.479 e. The van der Waals surface area contributed by atoms with Gasteiger partial charge in [-0.15, -0.1) is 0 Å². The first-order valence-electron chi connectivity index (χ1n) is 6.10. The van der Waals surface area contributed by atoms with E-state index in [2.05, 4.69) is 10.3 Å². The van der Waals surface area contributed by atoms with Crippen molar-refractivity contribution in [3.63, 3.8) is 0 Å². The number of hydrogen-bond acceptors (Lipinski definition) is 5. The van der Waals surface area contributed by atoms with Crippen LogP contribution in [0.4, 0.5) is 4.79 Å². The molecule has 0 heterocycles. The zero-order chi connectivity index (χ0) is 15.1. The van der Waals surface area contributed by atoms with Gasteiger partial charge in [-0.25, -0.2) is 9.59 Å². The van der Waals surface area contributed by atoms with E-state index in [1.807, 2.05) is 0 Å². The van der Waals surface area contributed by atoms with Crippen molar-refractivity contribution in [2.45, 2.75) is 52.2 Å². The number of nitrogens with one attached hydrogen (secondary N) is 1. The molecule has 0 rings (SSSR count). The number of alkyl carbamates (subject to hydrolysis) is 1. The fourth-order valence-electron chi connectivity index (χ4n) is 1.11. The second kappa shape index (κ2) is 7.73. The molecule has 0 radical (unpaired) electrons. The number of aliphatic hydroxyl groups excluding tert-OH is 1. The van der Waals surface area contributed by atoms with E-state index in [0.717, 1.165) is 0 Å². The maximum atomic E-state index is 11.5. The summed E-state index contributed by atoms with van der Waals surface area (Å²) in [6.07, 6.45) is -1.58. The second-order valence-electron chi connectivity index (χ2n) is 4.95. The normalized spacial score (nSPS) is 13.8. The van der Waals surface area contributed by atoms with Gasteiger partial charge in [0.15, 0.2) is 6.10 Å². The van der Waals surface area contributed by atoms with E-state index < -0.39 is 23.8 Å². The molecule has 0 aliphatic carbocycles. The quantitative estimate of drug-likeness (QED) is 0.515. The van der Waals surface area contributed by atoms with E-state index in [1.165, 1.54) is 0 Å². The highest BCUT2D eigenvalue weighted by molar-refractivity contribution is 5.95. The summed E-state index contributed by atoms with van der Waals surface area (Å²) in [7, 11) is 0. The highest BCUT2D eigenvalue weighted by atomic mass is 16.6. The number of aliphatic carboxylic acids is 1. The van der Waals surface area contributed by atoms with Gasteiger partial charge < -0.3 is 14.9 Å². The summed E-state index contributed by atoms with van der Waals surface area (Å²) in [4.78, 5) is 25.9. The number of nitrogens with zero attached hydrogens (tertiary/aromatic N) is 1. The summed E-state index contributed by atoms with van der Waals surface area (Å²) in [6.45, 7) is 7.16. The first-order chi connectivity index (χ1) is 8.65. The van der Waals surface area contributed by atoms with Gasteiger partial charge in [0.1, 0.15) is 11.4 Å². The van der Waals surface area contributed by atoms with E-state index in [-0.39, 0.29) is 13.0 Å². The third kappa shape index (κ3) is 9.01. The number of rotatable bonds is 5. The molecule has 7 nitrogen and oxygen atoms in total. The third-order valence-electron chi connectivity index (χ3n) is 1.97. The molecule has 1 atom stereocenters. The summed E-state index contributed by atoms with van der Waals surface area (Å²) in [6, 6.07) is 0. The van der Waals surface area contributed by atoms with Crippen LogP contribution in [0.15, 0.2) is 4.99 Å². The number of hydrogen-bond donors (Lipinski definition) is 3. The summed E-state index contributed by atoms with van der Waals surface area (Å²) in [5, 5.41) is 20.0. The van der Waals surface area contributed by atoms with E-state index in [0.29, 0.717) is 12.3 Å². The number of carboxylic acids is 1. The van der Waals surface area contributed by atoms with Gasteiger partial charge in [0.2, 0.25) is 0 Å². The molecule has 0 spiro atoms. The van der Waals surface area contributed by atoms with Crippen molar-refractivity contribution in [1.82, 2.24) is 5.32 Å². The van der Waals surface area contributed by atoms with Crippen LogP contribution in [0, 0.1) is 0 Å². The lowest BCUT2D eigenvalue weighted by atomic mass is 10.2. The van der Waals surface area contributed by atoms with Crippen molar-refractivity contribution in [3.05, 3.63) is 0 Å². The zero-order valence-corrected chi connectivity index (χ0v) is 11.8. The SMILES string of the molecule is CCC(=NCCC(O)C(=O)O)NC(=O)OC(C)(C)C. The minimum absolute atomic E-state index is 0.00513. The standard InChI is InChI=1S/C12H22N2O5/c1-5-9(13-7-6-8(15)10(16)17)14-11(18)19-12(2,3)4/h8,15H,5-7H2,1-4H3,(H,16,17)(H,13,14,18). The molecular weight excluding hydrogens is 252 g/mol. The molecule has 0 saturated heterocycles. The molecule has 0 aromatic rings. The molecular formula is C12H22N2O5. The number of carboxylic acid groups (broad SMARTS) is 1. The van der Waals surface area contributed by atoms with Crippen molar-refractivity contribution < 1.29 is 24.5 Å². The first-order valence-corrected chi connectivity index (χ1v) is 6.10. The fourth-order valence-corrected chi connectivity index (χ4v) is 1.11. The Balaban J connectivity index is 4.27.